The van der Waals surface area contributed by atoms with Gasteiger partial charge in [-0.1, -0.05) is 54.6 Å². The molecular formula is C41H37N3O8S2. The van der Waals surface area contributed by atoms with Gasteiger partial charge >= 0.3 is 0 Å². The largest absolute Gasteiger partial charge is 0.508 e. The highest BCUT2D eigenvalue weighted by molar-refractivity contribution is 8.18. The van der Waals surface area contributed by atoms with Gasteiger partial charge in [-0.05, 0) is 123 Å². The zero-order chi connectivity index (χ0) is 38.9. The second kappa shape index (κ2) is 17.7. The summed E-state index contributed by atoms with van der Waals surface area (Å²) in [7, 11) is 0. The number of ether oxygens (including phenoxy) is 1. The molecule has 4 aromatic rings. The Kier molecular flexibility index (Phi) is 12.9. The van der Waals surface area contributed by atoms with Gasteiger partial charge in [0.1, 0.15) is 23.5 Å². The van der Waals surface area contributed by atoms with Crippen molar-refractivity contribution < 1.29 is 38.9 Å². The van der Waals surface area contributed by atoms with Gasteiger partial charge in [-0.15, -0.1) is 0 Å². The zero-order valence-electron chi connectivity index (χ0n) is 29.8. The Balaban J connectivity index is 0.000000178. The summed E-state index contributed by atoms with van der Waals surface area (Å²) in [5.41, 5.74) is 4.08. The van der Waals surface area contributed by atoms with Crippen molar-refractivity contribution in [3.8, 4) is 17.2 Å². The Labute approximate surface area is 321 Å². The van der Waals surface area contributed by atoms with Crippen molar-refractivity contribution in [3.63, 3.8) is 0 Å². The fourth-order valence-corrected chi connectivity index (χ4v) is 7.26. The van der Waals surface area contributed by atoms with Gasteiger partial charge in [0.2, 0.25) is 0 Å². The van der Waals surface area contributed by atoms with Crippen molar-refractivity contribution in [2.24, 2.45) is 4.99 Å². The first-order chi connectivity index (χ1) is 25.8. The highest BCUT2D eigenvalue weighted by atomic mass is 32.2. The molecule has 2 saturated heterocycles. The zero-order valence-corrected chi connectivity index (χ0v) is 31.5. The third-order valence-corrected chi connectivity index (χ3v) is 9.59. The summed E-state index contributed by atoms with van der Waals surface area (Å²) in [5.74, 6) is 1.03. The summed E-state index contributed by atoms with van der Waals surface area (Å²) in [6.07, 6.45) is 4.70. The number of carbonyl (C=O) groups excluding carboxylic acids is 5. The number of para-hydroxylation sites is 1. The van der Waals surface area contributed by atoms with Crippen LogP contribution in [0.3, 0.4) is 0 Å². The molecule has 4 amide bonds. The third kappa shape index (κ3) is 9.94. The smallest absolute Gasteiger partial charge is 0.293 e. The molecule has 3 aliphatic rings. The predicted octanol–water partition coefficient (Wildman–Crippen LogP) is 8.84. The number of rotatable bonds is 6. The molecule has 4 aromatic carbocycles. The van der Waals surface area contributed by atoms with Gasteiger partial charge in [0.25, 0.3) is 22.3 Å². The maximum Gasteiger partial charge on any atom is 0.293 e. The van der Waals surface area contributed by atoms with Crippen molar-refractivity contribution in [1.29, 1.82) is 0 Å². The van der Waals surface area contributed by atoms with Crippen molar-refractivity contribution in [2.45, 2.75) is 46.2 Å². The van der Waals surface area contributed by atoms with E-state index in [0.29, 0.717) is 45.3 Å². The molecule has 7 rings (SSSR count). The number of hydrogen-bond acceptors (Lipinski definition) is 11. The van der Waals surface area contributed by atoms with E-state index in [-0.39, 0.29) is 45.9 Å². The number of phenols is 2. The fourth-order valence-electron chi connectivity index (χ4n) is 5.33. The molecule has 13 heteroatoms. The first kappa shape index (κ1) is 39.3. The normalized spacial score (nSPS) is 16.4. The molecule has 54 heavy (non-hydrogen) atoms. The van der Waals surface area contributed by atoms with Gasteiger partial charge in [-0.3, -0.25) is 33.8 Å². The van der Waals surface area contributed by atoms with Crippen LogP contribution in [-0.2, 0) is 16.0 Å². The van der Waals surface area contributed by atoms with E-state index >= 15 is 0 Å². The lowest BCUT2D eigenvalue weighted by Gasteiger charge is -2.16. The second-order valence-electron chi connectivity index (χ2n) is 12.6. The predicted molar refractivity (Wildman–Crippen MR) is 212 cm³/mol. The highest BCUT2D eigenvalue weighted by Crippen LogP contribution is 2.35. The lowest BCUT2D eigenvalue weighted by atomic mass is 10.1. The Morgan fingerprint density at radius 2 is 1.17 bits per heavy atom. The number of imide groups is 2. The van der Waals surface area contributed by atoms with E-state index in [2.05, 4.69) is 4.99 Å². The minimum Gasteiger partial charge on any atom is -0.508 e. The molecule has 2 N–H and O–H groups in total. The van der Waals surface area contributed by atoms with E-state index < -0.39 is 0 Å². The van der Waals surface area contributed by atoms with Crippen molar-refractivity contribution in [1.82, 2.24) is 9.80 Å². The number of amides is 4. The molecule has 0 radical (unpaired) electrons. The minimum absolute atomic E-state index is 0.125. The average molecular weight is 764 g/mol. The van der Waals surface area contributed by atoms with E-state index in [9.17, 15) is 29.1 Å². The topological polar surface area (TPSA) is 154 Å². The molecule has 3 aliphatic heterocycles. The van der Waals surface area contributed by atoms with Gasteiger partial charge < -0.3 is 14.9 Å². The van der Waals surface area contributed by atoms with Crippen LogP contribution in [-0.4, -0.2) is 66.6 Å². The number of nitrogens with zero attached hydrogens (tertiary/aromatic N) is 3. The van der Waals surface area contributed by atoms with Crippen molar-refractivity contribution in [3.05, 3.63) is 129 Å². The lowest BCUT2D eigenvalue weighted by molar-refractivity contribution is -0.124. The maximum atomic E-state index is 12.4. The van der Waals surface area contributed by atoms with E-state index in [4.69, 9.17) is 9.84 Å². The standard InChI is InChI=1S/C21H18N2O3S.C13H13NO3S.C7H6O2/c1-13(2)23-20(24)18(27-21(23)25)11-14-6-5-8-16(10-14)26-19-12-15-7-3-4-9-17(15)22-19;1-8(2)14-12(16)11(18-13(14)17)7-9-4-3-5-10(15)6-9;8-5-6-2-1-3-7(9)4-6/h3-11,13H,12H2,1-2H3;3-8,15H,1-2H3;1-5,9H/b18-11-;11-7-;. The number of thioether (sulfide) groups is 2. The first-order valence-electron chi connectivity index (χ1n) is 16.8. The number of hydrogen-bond donors (Lipinski definition) is 2. The molecule has 0 unspecified atom stereocenters. The van der Waals surface area contributed by atoms with Crippen LogP contribution in [0.5, 0.6) is 17.2 Å². The molecule has 0 aromatic heterocycles. The van der Waals surface area contributed by atoms with Gasteiger partial charge in [0, 0.05) is 17.6 Å². The Morgan fingerprint density at radius 3 is 1.65 bits per heavy atom. The average Bonchev–Trinajstić information content (AvgIpc) is 3.76. The van der Waals surface area contributed by atoms with Crippen LogP contribution < -0.4 is 4.74 Å². The summed E-state index contributed by atoms with van der Waals surface area (Å²) in [6, 6.07) is 27.8. The Morgan fingerprint density at radius 1 is 0.667 bits per heavy atom. The van der Waals surface area contributed by atoms with E-state index in [1.54, 1.807) is 62.4 Å². The summed E-state index contributed by atoms with van der Waals surface area (Å²) in [5, 5.41) is 17.7. The first-order valence-corrected chi connectivity index (χ1v) is 18.5. The molecule has 276 valence electrons. The fraction of sp³-hybridized carbons (Fsp3) is 0.171. The number of aldehydes is 1. The summed E-state index contributed by atoms with van der Waals surface area (Å²) >= 11 is 1.90. The molecule has 0 saturated carbocycles. The summed E-state index contributed by atoms with van der Waals surface area (Å²) < 4.78 is 5.92. The number of phenolic OH excluding ortho intramolecular Hbond substituents is 2. The SMILES string of the molecule is CC(C)N1C(=O)S/C(=C\c2cccc(O)c2)C1=O.CC(C)N1C(=O)S/C(=C\c2cccc(OC3=Nc4ccccc4C3)c2)C1=O.O=Cc1cccc(O)c1. The maximum absolute atomic E-state index is 12.4. The number of aromatic hydroxyl groups is 2. The van der Waals surface area contributed by atoms with Gasteiger partial charge in [-0.2, -0.15) is 0 Å². The minimum atomic E-state index is -0.275. The molecular weight excluding hydrogens is 727 g/mol. The Hall–Kier alpha value is -5.92. The van der Waals surface area contributed by atoms with Crippen LogP contribution in [0.15, 0.2) is 112 Å². The van der Waals surface area contributed by atoms with Crippen LogP contribution in [0.2, 0.25) is 0 Å². The van der Waals surface area contributed by atoms with E-state index in [0.717, 1.165) is 40.3 Å². The van der Waals surface area contributed by atoms with Crippen molar-refractivity contribution in [2.75, 3.05) is 0 Å². The van der Waals surface area contributed by atoms with Crippen LogP contribution in [0.25, 0.3) is 12.2 Å². The lowest BCUT2D eigenvalue weighted by Crippen LogP contribution is -2.34. The molecule has 0 bridgehead atoms. The number of fused-ring (bicyclic) bond motifs is 1. The van der Waals surface area contributed by atoms with Gasteiger partial charge in [0.05, 0.1) is 21.9 Å². The molecule has 0 spiro atoms. The van der Waals surface area contributed by atoms with Gasteiger partial charge in [-0.25, -0.2) is 4.99 Å². The van der Waals surface area contributed by atoms with Crippen LogP contribution >= 0.6 is 23.5 Å². The van der Waals surface area contributed by atoms with E-state index in [1.807, 2.05) is 62.4 Å². The molecule has 3 heterocycles. The highest BCUT2D eigenvalue weighted by Gasteiger charge is 2.37. The molecule has 11 nitrogen and oxygen atoms in total. The number of aliphatic imine (C=N–C) groups is 1. The van der Waals surface area contributed by atoms with Crippen molar-refractivity contribution >= 4 is 75.8 Å². The second-order valence-corrected chi connectivity index (χ2v) is 14.6. The van der Waals surface area contributed by atoms with Crippen LogP contribution in [0.1, 0.15) is 54.7 Å². The molecule has 2 fully saturated rings. The van der Waals surface area contributed by atoms with Crippen LogP contribution in [0, 0.1) is 0 Å². The number of carbonyl (C=O) groups is 5. The van der Waals surface area contributed by atoms with Gasteiger partial charge in [0.15, 0.2) is 5.90 Å². The monoisotopic (exact) mass is 763 g/mol. The number of benzene rings is 4. The Bertz CT molecular complexity index is 2190. The quantitative estimate of drug-likeness (QED) is 0.144. The molecule has 0 atom stereocenters. The third-order valence-electron chi connectivity index (χ3n) is 7.82. The summed E-state index contributed by atoms with van der Waals surface area (Å²) in [4.78, 5) is 66.0. The summed E-state index contributed by atoms with van der Waals surface area (Å²) in [6.45, 7) is 7.25. The van der Waals surface area contributed by atoms with E-state index in [1.165, 1.54) is 21.9 Å². The van der Waals surface area contributed by atoms with Crippen LogP contribution in [0.4, 0.5) is 15.3 Å². The molecule has 0 aliphatic carbocycles.